The zero-order chi connectivity index (χ0) is 21.8. The molecule has 164 valence electrons. The second-order valence-corrected chi connectivity index (χ2v) is 7.39. The molecule has 7 heteroatoms. The summed E-state index contributed by atoms with van der Waals surface area (Å²) in [6.45, 7) is 8.74. The van der Waals surface area contributed by atoms with Crippen LogP contribution in [0.5, 0.6) is 11.5 Å². The van der Waals surface area contributed by atoms with E-state index in [1.54, 1.807) is 6.07 Å². The van der Waals surface area contributed by atoms with Crippen molar-refractivity contribution < 1.29 is 23.9 Å². The van der Waals surface area contributed by atoms with Crippen molar-refractivity contribution in [3.8, 4) is 11.5 Å². The molecule has 0 heterocycles. The highest BCUT2D eigenvalue weighted by atomic mass is 16.6. The van der Waals surface area contributed by atoms with Crippen LogP contribution in [0.15, 0.2) is 12.1 Å². The van der Waals surface area contributed by atoms with Crippen molar-refractivity contribution >= 4 is 11.5 Å². The van der Waals surface area contributed by atoms with Gasteiger partial charge in [0.05, 0.1) is 36.4 Å². The highest BCUT2D eigenvalue weighted by molar-refractivity contribution is 5.77. The molecule has 0 aliphatic rings. The van der Waals surface area contributed by atoms with Crippen molar-refractivity contribution in [3.05, 3.63) is 27.8 Å². The lowest BCUT2D eigenvalue weighted by atomic mass is 10.0. The summed E-state index contributed by atoms with van der Waals surface area (Å²) < 4.78 is 17.0. The average molecular weight is 410 g/mol. The minimum atomic E-state index is -0.440. The maximum atomic E-state index is 11.6. The number of rotatable bonds is 15. The van der Waals surface area contributed by atoms with Crippen LogP contribution >= 0.6 is 0 Å². The molecule has 1 aromatic carbocycles. The number of nitro benzene ring substituents is 1. The Morgan fingerprint density at radius 2 is 1.90 bits per heavy atom. The number of hydrogen-bond donors (Lipinski definition) is 0. The Balaban J connectivity index is 2.89. The number of nitro groups is 1. The standard InChI is InChI=1S/C22H35NO6/c1-6-8-10-16(3)15-29-17(4)19-13-21(27-5)22(14-20(19)23(25)26)28-12-9-11-18(24)7-2/h13-14,16-17H,6-12,15H2,1-5H3. The van der Waals surface area contributed by atoms with E-state index in [0.29, 0.717) is 55.5 Å². The van der Waals surface area contributed by atoms with Gasteiger partial charge in [-0.3, -0.25) is 14.9 Å². The zero-order valence-electron chi connectivity index (χ0n) is 18.4. The molecule has 0 spiro atoms. The molecule has 2 atom stereocenters. The van der Waals surface area contributed by atoms with E-state index >= 15 is 0 Å². The van der Waals surface area contributed by atoms with E-state index in [4.69, 9.17) is 14.2 Å². The first-order valence-electron chi connectivity index (χ1n) is 10.5. The van der Waals surface area contributed by atoms with Gasteiger partial charge in [-0.25, -0.2) is 0 Å². The van der Waals surface area contributed by atoms with Crippen molar-refractivity contribution in [1.82, 2.24) is 0 Å². The quantitative estimate of drug-likeness (QED) is 0.211. The third-order valence-electron chi connectivity index (χ3n) is 4.88. The fourth-order valence-electron chi connectivity index (χ4n) is 2.98. The third kappa shape index (κ3) is 8.40. The first kappa shape index (κ1) is 24.9. The van der Waals surface area contributed by atoms with E-state index in [-0.39, 0.29) is 11.5 Å². The molecule has 29 heavy (non-hydrogen) atoms. The molecule has 0 aliphatic heterocycles. The normalized spacial score (nSPS) is 13.0. The molecule has 0 fully saturated rings. The van der Waals surface area contributed by atoms with E-state index in [0.717, 1.165) is 19.3 Å². The molecule has 2 unspecified atom stereocenters. The number of carbonyl (C=O) groups is 1. The minimum Gasteiger partial charge on any atom is -0.493 e. The van der Waals surface area contributed by atoms with Crippen molar-refractivity contribution in [2.24, 2.45) is 5.92 Å². The Morgan fingerprint density at radius 3 is 2.48 bits per heavy atom. The van der Waals surface area contributed by atoms with E-state index in [1.807, 2.05) is 13.8 Å². The maximum Gasteiger partial charge on any atom is 0.279 e. The summed E-state index contributed by atoms with van der Waals surface area (Å²) >= 11 is 0. The smallest absolute Gasteiger partial charge is 0.279 e. The maximum absolute atomic E-state index is 11.6. The number of ketones is 1. The largest absolute Gasteiger partial charge is 0.493 e. The number of Topliss-reactive ketones (excluding diaryl/α,β-unsaturated/α-hetero) is 1. The summed E-state index contributed by atoms with van der Waals surface area (Å²) in [4.78, 5) is 22.6. The Hall–Kier alpha value is -2.15. The van der Waals surface area contributed by atoms with E-state index in [2.05, 4.69) is 13.8 Å². The number of benzene rings is 1. The van der Waals surface area contributed by atoms with E-state index in [9.17, 15) is 14.9 Å². The molecule has 0 bridgehead atoms. The fraction of sp³-hybridized carbons (Fsp3) is 0.682. The summed E-state index contributed by atoms with van der Waals surface area (Å²) in [5.74, 6) is 1.28. The summed E-state index contributed by atoms with van der Waals surface area (Å²) in [5, 5.41) is 11.6. The highest BCUT2D eigenvalue weighted by Gasteiger charge is 2.24. The van der Waals surface area contributed by atoms with Crippen LogP contribution in [0.3, 0.4) is 0 Å². The van der Waals surface area contributed by atoms with Gasteiger partial charge in [0.15, 0.2) is 11.5 Å². The second kappa shape index (κ2) is 13.1. The predicted molar refractivity (Wildman–Crippen MR) is 113 cm³/mol. The van der Waals surface area contributed by atoms with Crippen molar-refractivity contribution in [2.75, 3.05) is 20.3 Å². The number of nitrogens with zero attached hydrogens (tertiary/aromatic N) is 1. The molecule has 0 saturated heterocycles. The molecule has 0 amide bonds. The molecule has 1 rings (SSSR count). The molecular weight excluding hydrogens is 374 g/mol. The molecule has 1 aromatic rings. The van der Waals surface area contributed by atoms with Crippen LogP contribution in [0.2, 0.25) is 0 Å². The van der Waals surface area contributed by atoms with Crippen molar-refractivity contribution in [1.29, 1.82) is 0 Å². The molecule has 0 radical (unpaired) electrons. The molecular formula is C22H35NO6. The molecule has 0 saturated carbocycles. The van der Waals surface area contributed by atoms with Gasteiger partial charge in [-0.05, 0) is 31.7 Å². The minimum absolute atomic E-state index is 0.0563. The lowest BCUT2D eigenvalue weighted by molar-refractivity contribution is -0.386. The number of ether oxygens (including phenoxy) is 3. The molecule has 0 aliphatic carbocycles. The summed E-state index contributed by atoms with van der Waals surface area (Å²) in [5.41, 5.74) is 0.405. The SMILES string of the molecule is CCCCC(C)COC(C)c1cc(OC)c(OCCCC(=O)CC)cc1[N+](=O)[O-]. The predicted octanol–water partition coefficient (Wildman–Crippen LogP) is 5.65. The van der Waals surface area contributed by atoms with Crippen LogP contribution < -0.4 is 9.47 Å². The number of carbonyl (C=O) groups excluding carboxylic acids is 1. The Bertz CT molecular complexity index is 661. The monoisotopic (exact) mass is 409 g/mol. The van der Waals surface area contributed by atoms with Gasteiger partial charge in [-0.15, -0.1) is 0 Å². The molecule has 0 N–H and O–H groups in total. The van der Waals surface area contributed by atoms with Gasteiger partial charge < -0.3 is 14.2 Å². The van der Waals surface area contributed by atoms with Crippen LogP contribution in [-0.4, -0.2) is 31.0 Å². The van der Waals surface area contributed by atoms with Gasteiger partial charge in [-0.1, -0.05) is 33.6 Å². The van der Waals surface area contributed by atoms with Gasteiger partial charge in [-0.2, -0.15) is 0 Å². The van der Waals surface area contributed by atoms with Crippen LogP contribution in [-0.2, 0) is 9.53 Å². The number of methoxy groups -OCH3 is 1. The first-order chi connectivity index (χ1) is 13.8. The number of hydrogen-bond acceptors (Lipinski definition) is 6. The van der Waals surface area contributed by atoms with Gasteiger partial charge in [0.2, 0.25) is 0 Å². The van der Waals surface area contributed by atoms with Crippen LogP contribution in [0.25, 0.3) is 0 Å². The van der Waals surface area contributed by atoms with Crippen molar-refractivity contribution in [2.45, 2.75) is 72.3 Å². The topological polar surface area (TPSA) is 87.9 Å². The number of unbranched alkanes of at least 4 members (excludes halogenated alkanes) is 1. The van der Waals surface area contributed by atoms with Gasteiger partial charge in [0.1, 0.15) is 5.78 Å². The van der Waals surface area contributed by atoms with Crippen molar-refractivity contribution in [3.63, 3.8) is 0 Å². The van der Waals surface area contributed by atoms with Crippen LogP contribution in [0.1, 0.15) is 77.9 Å². The lowest BCUT2D eigenvalue weighted by Crippen LogP contribution is -2.11. The highest BCUT2D eigenvalue weighted by Crippen LogP contribution is 2.38. The van der Waals surface area contributed by atoms with Gasteiger partial charge >= 0.3 is 0 Å². The van der Waals surface area contributed by atoms with Gasteiger partial charge in [0, 0.05) is 19.4 Å². The van der Waals surface area contributed by atoms with E-state index < -0.39 is 11.0 Å². The summed E-state index contributed by atoms with van der Waals surface area (Å²) in [6.07, 6.45) is 4.39. The van der Waals surface area contributed by atoms with E-state index in [1.165, 1.54) is 13.2 Å². The average Bonchev–Trinajstić information content (AvgIpc) is 2.72. The Morgan fingerprint density at radius 1 is 1.17 bits per heavy atom. The molecule has 0 aromatic heterocycles. The first-order valence-corrected chi connectivity index (χ1v) is 10.5. The lowest BCUT2D eigenvalue weighted by Gasteiger charge is -2.19. The zero-order valence-corrected chi connectivity index (χ0v) is 18.4. The van der Waals surface area contributed by atoms with Crippen LogP contribution in [0.4, 0.5) is 5.69 Å². The summed E-state index contributed by atoms with van der Waals surface area (Å²) in [6, 6.07) is 3.00. The third-order valence-corrected chi connectivity index (χ3v) is 4.88. The Kier molecular flexibility index (Phi) is 11.3. The Labute approximate surface area is 173 Å². The van der Waals surface area contributed by atoms with Crippen LogP contribution in [0, 0.1) is 16.0 Å². The molecule has 7 nitrogen and oxygen atoms in total. The summed E-state index contributed by atoms with van der Waals surface area (Å²) in [7, 11) is 1.50. The van der Waals surface area contributed by atoms with Gasteiger partial charge in [0.25, 0.3) is 5.69 Å². The second-order valence-electron chi connectivity index (χ2n) is 7.39. The fourth-order valence-corrected chi connectivity index (χ4v) is 2.98.